The SMILES string of the molecule is CCOC(=O)CCCCCCC(I)CC. The number of carbonyl (C=O) groups excluding carboxylic acids is 1. The van der Waals surface area contributed by atoms with Gasteiger partial charge in [0.15, 0.2) is 0 Å². The van der Waals surface area contributed by atoms with Crippen LogP contribution in [0, 0.1) is 0 Å². The van der Waals surface area contributed by atoms with E-state index < -0.39 is 0 Å². The van der Waals surface area contributed by atoms with Crippen molar-refractivity contribution in [3.05, 3.63) is 0 Å². The van der Waals surface area contributed by atoms with Gasteiger partial charge in [-0.25, -0.2) is 0 Å². The van der Waals surface area contributed by atoms with Crippen LogP contribution in [0.25, 0.3) is 0 Å². The first kappa shape index (κ1) is 15.2. The van der Waals surface area contributed by atoms with Gasteiger partial charge in [-0.1, -0.05) is 48.8 Å². The summed E-state index contributed by atoms with van der Waals surface area (Å²) in [5.74, 6) is -0.0437. The number of rotatable bonds is 9. The fourth-order valence-electron chi connectivity index (χ4n) is 1.43. The summed E-state index contributed by atoms with van der Waals surface area (Å²) < 4.78 is 5.69. The smallest absolute Gasteiger partial charge is 0.305 e. The van der Waals surface area contributed by atoms with Crippen LogP contribution in [-0.2, 0) is 9.53 Å². The third-order valence-corrected chi connectivity index (χ3v) is 3.90. The molecule has 0 fully saturated rings. The number of alkyl halides is 1. The van der Waals surface area contributed by atoms with Crippen molar-refractivity contribution in [1.29, 1.82) is 0 Å². The molecular weight excluding hydrogens is 303 g/mol. The lowest BCUT2D eigenvalue weighted by molar-refractivity contribution is -0.143. The van der Waals surface area contributed by atoms with Crippen molar-refractivity contribution in [2.75, 3.05) is 6.61 Å². The highest BCUT2D eigenvalue weighted by molar-refractivity contribution is 14.1. The molecule has 0 saturated carbocycles. The first-order valence-electron chi connectivity index (χ1n) is 6.00. The van der Waals surface area contributed by atoms with Crippen LogP contribution >= 0.6 is 22.6 Å². The Morgan fingerprint density at radius 1 is 1.20 bits per heavy atom. The van der Waals surface area contributed by atoms with Crippen molar-refractivity contribution in [2.45, 2.75) is 62.7 Å². The minimum Gasteiger partial charge on any atom is -0.466 e. The summed E-state index contributed by atoms with van der Waals surface area (Å²) in [7, 11) is 0. The van der Waals surface area contributed by atoms with E-state index in [4.69, 9.17) is 4.74 Å². The zero-order valence-electron chi connectivity index (χ0n) is 9.93. The molecule has 0 aliphatic heterocycles. The molecule has 1 atom stereocenters. The molecule has 0 saturated heterocycles. The van der Waals surface area contributed by atoms with Gasteiger partial charge in [-0.15, -0.1) is 0 Å². The number of hydrogen-bond acceptors (Lipinski definition) is 2. The first-order valence-corrected chi connectivity index (χ1v) is 7.25. The van der Waals surface area contributed by atoms with Gasteiger partial charge in [-0.2, -0.15) is 0 Å². The zero-order valence-corrected chi connectivity index (χ0v) is 12.1. The highest BCUT2D eigenvalue weighted by atomic mass is 127. The molecule has 1 unspecified atom stereocenters. The van der Waals surface area contributed by atoms with Crippen LogP contribution < -0.4 is 0 Å². The molecule has 0 heterocycles. The molecule has 0 aromatic heterocycles. The van der Waals surface area contributed by atoms with Gasteiger partial charge in [0.25, 0.3) is 0 Å². The second-order valence-electron chi connectivity index (χ2n) is 3.76. The summed E-state index contributed by atoms with van der Waals surface area (Å²) in [5, 5.41) is 0. The fourth-order valence-corrected chi connectivity index (χ4v) is 1.87. The third kappa shape index (κ3) is 10.5. The Balaban J connectivity index is 3.14. The van der Waals surface area contributed by atoms with Gasteiger partial charge in [-0.3, -0.25) is 4.79 Å². The average Bonchev–Trinajstić information content (AvgIpc) is 2.23. The molecule has 0 aromatic rings. The average molecular weight is 326 g/mol. The Morgan fingerprint density at radius 3 is 2.47 bits per heavy atom. The summed E-state index contributed by atoms with van der Waals surface area (Å²) in [6.45, 7) is 4.59. The molecule has 3 heteroatoms. The minimum absolute atomic E-state index is 0.0437. The van der Waals surface area contributed by atoms with E-state index in [1.54, 1.807) is 0 Å². The molecule has 0 aliphatic carbocycles. The van der Waals surface area contributed by atoms with E-state index in [9.17, 15) is 4.79 Å². The zero-order chi connectivity index (χ0) is 11.5. The van der Waals surface area contributed by atoms with E-state index in [-0.39, 0.29) is 5.97 Å². The van der Waals surface area contributed by atoms with Gasteiger partial charge >= 0.3 is 5.97 Å². The number of hydrogen-bond donors (Lipinski definition) is 0. The Morgan fingerprint density at radius 2 is 1.87 bits per heavy atom. The fraction of sp³-hybridized carbons (Fsp3) is 0.917. The van der Waals surface area contributed by atoms with Gasteiger partial charge in [0, 0.05) is 10.3 Å². The van der Waals surface area contributed by atoms with Gasteiger partial charge < -0.3 is 4.74 Å². The highest BCUT2D eigenvalue weighted by Gasteiger charge is 2.02. The van der Waals surface area contributed by atoms with Crippen LogP contribution in [0.4, 0.5) is 0 Å². The minimum atomic E-state index is -0.0437. The maximum absolute atomic E-state index is 11.0. The molecule has 2 nitrogen and oxygen atoms in total. The van der Waals surface area contributed by atoms with Crippen LogP contribution in [0.3, 0.4) is 0 Å². The van der Waals surface area contributed by atoms with Crippen molar-refractivity contribution >= 4 is 28.6 Å². The van der Waals surface area contributed by atoms with Crippen LogP contribution in [0.2, 0.25) is 0 Å². The van der Waals surface area contributed by atoms with Crippen molar-refractivity contribution in [3.8, 4) is 0 Å². The third-order valence-electron chi connectivity index (χ3n) is 2.40. The summed E-state index contributed by atoms with van der Waals surface area (Å²) >= 11 is 2.51. The highest BCUT2D eigenvalue weighted by Crippen LogP contribution is 2.15. The number of carbonyl (C=O) groups is 1. The topological polar surface area (TPSA) is 26.3 Å². The second kappa shape index (κ2) is 10.7. The number of esters is 1. The Hall–Kier alpha value is 0.200. The first-order chi connectivity index (χ1) is 7.20. The summed E-state index contributed by atoms with van der Waals surface area (Å²) in [5.41, 5.74) is 0. The van der Waals surface area contributed by atoms with Gasteiger partial charge in [0.2, 0.25) is 0 Å². The molecular formula is C12H23IO2. The van der Waals surface area contributed by atoms with Gasteiger partial charge in [-0.05, 0) is 26.2 Å². The molecule has 90 valence electrons. The van der Waals surface area contributed by atoms with E-state index in [0.29, 0.717) is 13.0 Å². The predicted molar refractivity (Wildman–Crippen MR) is 72.4 cm³/mol. The molecule has 0 amide bonds. The summed E-state index contributed by atoms with van der Waals surface area (Å²) in [6.07, 6.45) is 7.86. The van der Waals surface area contributed by atoms with E-state index in [0.717, 1.165) is 16.8 Å². The van der Waals surface area contributed by atoms with Gasteiger partial charge in [0.1, 0.15) is 0 Å². The van der Waals surface area contributed by atoms with Crippen molar-refractivity contribution < 1.29 is 9.53 Å². The second-order valence-corrected chi connectivity index (χ2v) is 5.53. The summed E-state index contributed by atoms with van der Waals surface area (Å²) in [4.78, 5) is 11.0. The van der Waals surface area contributed by atoms with Crippen LogP contribution in [0.1, 0.15) is 58.8 Å². The monoisotopic (exact) mass is 326 g/mol. The van der Waals surface area contributed by atoms with Crippen LogP contribution in [-0.4, -0.2) is 16.5 Å². The van der Waals surface area contributed by atoms with E-state index in [1.807, 2.05) is 6.92 Å². The lowest BCUT2D eigenvalue weighted by atomic mass is 10.1. The maximum Gasteiger partial charge on any atom is 0.305 e. The molecule has 0 N–H and O–H groups in total. The molecule has 0 rings (SSSR count). The van der Waals surface area contributed by atoms with Crippen molar-refractivity contribution in [3.63, 3.8) is 0 Å². The summed E-state index contributed by atoms with van der Waals surface area (Å²) in [6, 6.07) is 0. The lowest BCUT2D eigenvalue weighted by Crippen LogP contribution is -2.03. The lowest BCUT2D eigenvalue weighted by Gasteiger charge is -2.05. The van der Waals surface area contributed by atoms with Crippen molar-refractivity contribution in [1.82, 2.24) is 0 Å². The standard InChI is InChI=1S/C12H23IO2/c1-3-11(13)9-7-5-6-8-10-12(14)15-4-2/h11H,3-10H2,1-2H3. The van der Waals surface area contributed by atoms with E-state index >= 15 is 0 Å². The molecule has 0 radical (unpaired) electrons. The molecule has 0 spiro atoms. The quantitative estimate of drug-likeness (QED) is 0.276. The molecule has 0 bridgehead atoms. The number of ether oxygens (including phenoxy) is 1. The normalized spacial score (nSPS) is 12.5. The van der Waals surface area contributed by atoms with Crippen LogP contribution in [0.5, 0.6) is 0 Å². The Bertz CT molecular complexity index is 160. The van der Waals surface area contributed by atoms with Crippen molar-refractivity contribution in [2.24, 2.45) is 0 Å². The molecule has 15 heavy (non-hydrogen) atoms. The number of halogens is 1. The largest absolute Gasteiger partial charge is 0.466 e. The molecule has 0 aromatic carbocycles. The van der Waals surface area contributed by atoms with E-state index in [1.165, 1.54) is 25.7 Å². The molecule has 0 aliphatic rings. The van der Waals surface area contributed by atoms with Gasteiger partial charge in [0.05, 0.1) is 6.61 Å². The van der Waals surface area contributed by atoms with Crippen LogP contribution in [0.15, 0.2) is 0 Å². The van der Waals surface area contributed by atoms with E-state index in [2.05, 4.69) is 29.5 Å². The predicted octanol–water partition coefficient (Wildman–Crippen LogP) is 4.10. The maximum atomic E-state index is 11.0. The Labute approximate surface area is 107 Å². The Kier molecular flexibility index (Phi) is 10.9. The number of unbranched alkanes of at least 4 members (excludes halogenated alkanes) is 3.